The number of piperidine rings is 1. The van der Waals surface area contributed by atoms with Gasteiger partial charge in [-0.3, -0.25) is 9.69 Å². The highest BCUT2D eigenvalue weighted by Crippen LogP contribution is 2.22. The number of hydrazone groups is 1. The van der Waals surface area contributed by atoms with Crippen molar-refractivity contribution in [2.45, 2.75) is 45.6 Å². The van der Waals surface area contributed by atoms with E-state index in [1.807, 2.05) is 0 Å². The molecule has 0 spiro atoms. The van der Waals surface area contributed by atoms with Crippen molar-refractivity contribution in [3.05, 3.63) is 23.5 Å². The lowest BCUT2D eigenvalue weighted by Gasteiger charge is -2.30. The molecule has 1 amide bonds. The van der Waals surface area contributed by atoms with E-state index in [4.69, 9.17) is 10.4 Å². The molecule has 3 heterocycles. The zero-order chi connectivity index (χ0) is 20.9. The molecule has 0 bridgehead atoms. The van der Waals surface area contributed by atoms with Crippen molar-refractivity contribution in [2.75, 3.05) is 18.8 Å². The fourth-order valence-corrected chi connectivity index (χ4v) is 3.77. The summed E-state index contributed by atoms with van der Waals surface area (Å²) in [5, 5.41) is 19.7. The molecule has 2 aromatic rings. The topological polar surface area (TPSA) is 140 Å². The highest BCUT2D eigenvalue weighted by molar-refractivity contribution is 5.93. The van der Waals surface area contributed by atoms with E-state index in [0.717, 1.165) is 45.2 Å². The Kier molecular flexibility index (Phi) is 6.17. The van der Waals surface area contributed by atoms with E-state index in [0.29, 0.717) is 24.1 Å². The van der Waals surface area contributed by atoms with Crippen molar-refractivity contribution in [1.82, 2.24) is 35.6 Å². The van der Waals surface area contributed by atoms with Crippen molar-refractivity contribution in [2.24, 2.45) is 16.9 Å². The Bertz CT molecular complexity index is 924. The molecule has 30 heavy (non-hydrogen) atoms. The van der Waals surface area contributed by atoms with Crippen LogP contribution in [0.3, 0.4) is 0 Å². The number of aromatic nitrogens is 5. The van der Waals surface area contributed by atoms with Crippen molar-refractivity contribution < 1.29 is 9.42 Å². The smallest absolute Gasteiger partial charge is 0.293 e. The SMILES string of the molecule is CC1CCN(Cc2c(C(=O)N/N=C/C3CC=CCC3)nnn2-c2nonc2N)CC1. The number of nitrogen functional groups attached to an aromatic ring is 1. The number of nitrogens with one attached hydrogen (secondary N) is 1. The van der Waals surface area contributed by atoms with Crippen LogP contribution in [-0.4, -0.2) is 55.4 Å². The molecule has 3 N–H and O–H groups in total. The summed E-state index contributed by atoms with van der Waals surface area (Å²) >= 11 is 0. The maximum Gasteiger partial charge on any atom is 0.293 e. The average molecular weight is 413 g/mol. The average Bonchev–Trinajstić information content (AvgIpc) is 3.36. The fourth-order valence-electron chi connectivity index (χ4n) is 3.77. The lowest BCUT2D eigenvalue weighted by atomic mass is 9.96. The first-order valence-electron chi connectivity index (χ1n) is 10.4. The van der Waals surface area contributed by atoms with Crippen molar-refractivity contribution in [1.29, 1.82) is 0 Å². The molecule has 1 atom stereocenters. The number of nitrogens with two attached hydrogens (primary N) is 1. The summed E-state index contributed by atoms with van der Waals surface area (Å²) in [5.41, 5.74) is 9.20. The van der Waals surface area contributed by atoms with Gasteiger partial charge in [0.25, 0.3) is 5.91 Å². The van der Waals surface area contributed by atoms with Gasteiger partial charge in [-0.05, 0) is 67.3 Å². The van der Waals surface area contributed by atoms with Crippen LogP contribution in [-0.2, 0) is 6.54 Å². The summed E-state index contributed by atoms with van der Waals surface area (Å²) in [4.78, 5) is 15.1. The number of rotatable bonds is 6. The number of amides is 1. The molecular formula is C19H27N9O2. The molecular weight excluding hydrogens is 386 g/mol. The van der Waals surface area contributed by atoms with Gasteiger partial charge in [0, 0.05) is 12.8 Å². The van der Waals surface area contributed by atoms with Gasteiger partial charge in [0.2, 0.25) is 11.6 Å². The van der Waals surface area contributed by atoms with Crippen LogP contribution < -0.4 is 11.2 Å². The van der Waals surface area contributed by atoms with E-state index in [9.17, 15) is 4.79 Å². The summed E-state index contributed by atoms with van der Waals surface area (Å²) in [6, 6.07) is 0. The largest absolute Gasteiger partial charge is 0.378 e. The van der Waals surface area contributed by atoms with Gasteiger partial charge in [-0.15, -0.1) is 5.10 Å². The van der Waals surface area contributed by atoms with Gasteiger partial charge in [-0.2, -0.15) is 9.78 Å². The summed E-state index contributed by atoms with van der Waals surface area (Å²) in [6.07, 6.45) is 11.3. The van der Waals surface area contributed by atoms with Crippen LogP contribution in [0.5, 0.6) is 0 Å². The minimum Gasteiger partial charge on any atom is -0.378 e. The number of carbonyl (C=O) groups excluding carboxylic acids is 1. The normalized spacial score (nSPS) is 20.8. The second-order valence-corrected chi connectivity index (χ2v) is 7.99. The number of hydrogen-bond donors (Lipinski definition) is 2. The van der Waals surface area contributed by atoms with Crippen LogP contribution in [0.4, 0.5) is 5.82 Å². The van der Waals surface area contributed by atoms with Gasteiger partial charge >= 0.3 is 0 Å². The third-order valence-electron chi connectivity index (χ3n) is 5.69. The summed E-state index contributed by atoms with van der Waals surface area (Å²) in [5.74, 6) is 0.927. The Labute approximate surface area is 174 Å². The number of likely N-dealkylation sites (tertiary alicyclic amines) is 1. The molecule has 0 radical (unpaired) electrons. The predicted molar refractivity (Wildman–Crippen MR) is 110 cm³/mol. The molecule has 11 heteroatoms. The molecule has 0 saturated carbocycles. The monoisotopic (exact) mass is 413 g/mol. The number of nitrogens with zero attached hydrogens (tertiary/aromatic N) is 7. The molecule has 0 aromatic carbocycles. The molecule has 2 aromatic heterocycles. The quantitative estimate of drug-likeness (QED) is 0.413. The van der Waals surface area contributed by atoms with E-state index in [2.05, 4.69) is 55.1 Å². The molecule has 1 fully saturated rings. The summed E-state index contributed by atoms with van der Waals surface area (Å²) < 4.78 is 6.13. The molecule has 11 nitrogen and oxygen atoms in total. The van der Waals surface area contributed by atoms with Crippen LogP contribution in [0.15, 0.2) is 21.9 Å². The van der Waals surface area contributed by atoms with Crippen LogP contribution in [0.2, 0.25) is 0 Å². The standard InChI is InChI=1S/C19H27N9O2/c1-13-7-9-27(10-8-13)12-15-16(22-26-28(15)18-17(20)24-30-25-18)19(29)23-21-11-14-5-3-2-4-6-14/h2-3,11,13-14H,4-10,12H2,1H3,(H2,20,24)(H,23,29)/b21-11+. The van der Waals surface area contributed by atoms with E-state index in [1.165, 1.54) is 4.68 Å². The molecule has 1 aliphatic carbocycles. The van der Waals surface area contributed by atoms with Crippen molar-refractivity contribution in [3.8, 4) is 5.82 Å². The van der Waals surface area contributed by atoms with E-state index < -0.39 is 5.91 Å². The Morgan fingerprint density at radius 1 is 1.33 bits per heavy atom. The summed E-state index contributed by atoms with van der Waals surface area (Å²) in [7, 11) is 0. The number of allylic oxidation sites excluding steroid dienone is 2. The predicted octanol–water partition coefficient (Wildman–Crippen LogP) is 1.54. The maximum atomic E-state index is 12.8. The van der Waals surface area contributed by atoms with E-state index in [1.54, 1.807) is 6.21 Å². The highest BCUT2D eigenvalue weighted by atomic mass is 16.6. The maximum absolute atomic E-state index is 12.8. The minimum atomic E-state index is -0.417. The Morgan fingerprint density at radius 2 is 2.17 bits per heavy atom. The van der Waals surface area contributed by atoms with Gasteiger partial charge in [0.1, 0.15) is 0 Å². The Morgan fingerprint density at radius 3 is 2.87 bits per heavy atom. The molecule has 1 aliphatic heterocycles. The number of hydrogen-bond acceptors (Lipinski definition) is 9. The van der Waals surface area contributed by atoms with Crippen LogP contribution in [0.1, 0.15) is 55.2 Å². The van der Waals surface area contributed by atoms with Crippen molar-refractivity contribution >= 4 is 17.9 Å². The number of anilines is 1. The van der Waals surface area contributed by atoms with E-state index >= 15 is 0 Å². The zero-order valence-electron chi connectivity index (χ0n) is 17.1. The molecule has 2 aliphatic rings. The van der Waals surface area contributed by atoms with Crippen LogP contribution >= 0.6 is 0 Å². The first kappa shape index (κ1) is 20.2. The van der Waals surface area contributed by atoms with Gasteiger partial charge in [0.05, 0.1) is 5.69 Å². The second kappa shape index (κ2) is 9.16. The first-order chi connectivity index (χ1) is 14.6. The highest BCUT2D eigenvalue weighted by Gasteiger charge is 2.26. The van der Waals surface area contributed by atoms with E-state index in [-0.39, 0.29) is 17.3 Å². The lowest BCUT2D eigenvalue weighted by molar-refractivity contribution is 0.0946. The second-order valence-electron chi connectivity index (χ2n) is 7.99. The van der Waals surface area contributed by atoms with Crippen LogP contribution in [0, 0.1) is 11.8 Å². The first-order valence-corrected chi connectivity index (χ1v) is 10.4. The third kappa shape index (κ3) is 4.56. The minimum absolute atomic E-state index is 0.0868. The lowest BCUT2D eigenvalue weighted by Crippen LogP contribution is -2.34. The fraction of sp³-hybridized carbons (Fsp3) is 0.579. The van der Waals surface area contributed by atoms with Crippen molar-refractivity contribution in [3.63, 3.8) is 0 Å². The van der Waals surface area contributed by atoms with Gasteiger partial charge in [-0.1, -0.05) is 24.3 Å². The molecule has 160 valence electrons. The van der Waals surface area contributed by atoms with Gasteiger partial charge in [-0.25, -0.2) is 10.1 Å². The number of carbonyl (C=O) groups is 1. The Balaban J connectivity index is 1.53. The summed E-state index contributed by atoms with van der Waals surface area (Å²) in [6.45, 7) is 4.62. The molecule has 4 rings (SSSR count). The van der Waals surface area contributed by atoms with Crippen LogP contribution in [0.25, 0.3) is 5.82 Å². The third-order valence-corrected chi connectivity index (χ3v) is 5.69. The molecule has 1 unspecified atom stereocenters. The van der Waals surface area contributed by atoms with Gasteiger partial charge in [0.15, 0.2) is 5.69 Å². The van der Waals surface area contributed by atoms with Gasteiger partial charge < -0.3 is 5.73 Å². The zero-order valence-corrected chi connectivity index (χ0v) is 17.1. The Hall–Kier alpha value is -3.08. The molecule has 1 saturated heterocycles.